The van der Waals surface area contributed by atoms with Crippen molar-refractivity contribution in [2.45, 2.75) is 52.5 Å². The van der Waals surface area contributed by atoms with E-state index in [-0.39, 0.29) is 0 Å². The summed E-state index contributed by atoms with van der Waals surface area (Å²) in [5.41, 5.74) is 3.51. The SMILES string of the molecule is CC.c1cc(-c2ccc(N3CCN(CC4CC4)CC3)nn2)ccc1CN1CCCCC1. The van der Waals surface area contributed by atoms with Crippen molar-refractivity contribution >= 4 is 5.82 Å². The first-order valence-electron chi connectivity index (χ1n) is 12.5. The summed E-state index contributed by atoms with van der Waals surface area (Å²) in [7, 11) is 0. The minimum Gasteiger partial charge on any atom is -0.353 e. The molecule has 3 heterocycles. The lowest BCUT2D eigenvalue weighted by Crippen LogP contribution is -2.47. The second-order valence-corrected chi connectivity index (χ2v) is 9.04. The van der Waals surface area contributed by atoms with Crippen molar-refractivity contribution in [3.63, 3.8) is 0 Å². The maximum absolute atomic E-state index is 4.54. The molecular formula is C26H39N5. The van der Waals surface area contributed by atoms with Crippen LogP contribution in [0.15, 0.2) is 36.4 Å². The number of rotatable bonds is 6. The Labute approximate surface area is 188 Å². The summed E-state index contributed by atoms with van der Waals surface area (Å²) in [5.74, 6) is 1.99. The number of piperidine rings is 1. The van der Waals surface area contributed by atoms with E-state index in [1.165, 1.54) is 57.3 Å². The average Bonchev–Trinajstić information content (AvgIpc) is 3.66. The molecule has 168 valence electrons. The molecule has 2 saturated heterocycles. The van der Waals surface area contributed by atoms with Crippen LogP contribution in [0.5, 0.6) is 0 Å². The smallest absolute Gasteiger partial charge is 0.151 e. The fourth-order valence-electron chi connectivity index (χ4n) is 4.63. The maximum Gasteiger partial charge on any atom is 0.151 e. The largest absolute Gasteiger partial charge is 0.353 e. The van der Waals surface area contributed by atoms with Gasteiger partial charge in [-0.1, -0.05) is 44.5 Å². The van der Waals surface area contributed by atoms with Gasteiger partial charge in [-0.05, 0) is 62.4 Å². The van der Waals surface area contributed by atoms with Crippen molar-refractivity contribution in [2.24, 2.45) is 5.92 Å². The molecule has 2 aliphatic heterocycles. The highest BCUT2D eigenvalue weighted by Crippen LogP contribution is 2.30. The van der Waals surface area contributed by atoms with Gasteiger partial charge in [0.05, 0.1) is 5.69 Å². The highest BCUT2D eigenvalue weighted by atomic mass is 15.3. The van der Waals surface area contributed by atoms with E-state index in [0.29, 0.717) is 0 Å². The first kappa shape index (κ1) is 22.2. The number of anilines is 1. The summed E-state index contributed by atoms with van der Waals surface area (Å²) in [6.45, 7) is 13.3. The highest BCUT2D eigenvalue weighted by Gasteiger charge is 2.26. The normalized spacial score (nSPS) is 20.3. The molecule has 0 radical (unpaired) electrons. The van der Waals surface area contributed by atoms with Gasteiger partial charge in [0.25, 0.3) is 0 Å². The van der Waals surface area contributed by atoms with Gasteiger partial charge in [-0.25, -0.2) is 0 Å². The molecule has 0 bridgehead atoms. The molecule has 2 aromatic rings. The Morgan fingerprint density at radius 2 is 1.45 bits per heavy atom. The third-order valence-corrected chi connectivity index (χ3v) is 6.66. The van der Waals surface area contributed by atoms with Crippen LogP contribution in [-0.2, 0) is 6.54 Å². The fourth-order valence-corrected chi connectivity index (χ4v) is 4.63. The second kappa shape index (κ2) is 11.1. The Morgan fingerprint density at radius 1 is 0.742 bits per heavy atom. The van der Waals surface area contributed by atoms with E-state index < -0.39 is 0 Å². The lowest BCUT2D eigenvalue weighted by molar-refractivity contribution is 0.221. The molecule has 1 saturated carbocycles. The number of nitrogens with zero attached hydrogens (tertiary/aromatic N) is 5. The van der Waals surface area contributed by atoms with Crippen molar-refractivity contribution in [1.29, 1.82) is 0 Å². The maximum atomic E-state index is 4.54. The number of hydrogen-bond acceptors (Lipinski definition) is 5. The minimum absolute atomic E-state index is 0.964. The van der Waals surface area contributed by atoms with Crippen molar-refractivity contribution < 1.29 is 0 Å². The predicted molar refractivity (Wildman–Crippen MR) is 129 cm³/mol. The molecule has 0 unspecified atom stereocenters. The van der Waals surface area contributed by atoms with Crippen molar-refractivity contribution in [3.05, 3.63) is 42.0 Å². The van der Waals surface area contributed by atoms with E-state index in [2.05, 4.69) is 61.3 Å². The van der Waals surface area contributed by atoms with Crippen molar-refractivity contribution in [1.82, 2.24) is 20.0 Å². The first-order valence-corrected chi connectivity index (χ1v) is 12.5. The summed E-state index contributed by atoms with van der Waals surface area (Å²) in [5, 5.41) is 9.07. The quantitative estimate of drug-likeness (QED) is 0.676. The van der Waals surface area contributed by atoms with Gasteiger partial charge < -0.3 is 4.90 Å². The third kappa shape index (κ3) is 6.27. The zero-order valence-corrected chi connectivity index (χ0v) is 19.5. The Morgan fingerprint density at radius 3 is 2.06 bits per heavy atom. The van der Waals surface area contributed by atoms with E-state index in [0.717, 1.165) is 55.7 Å². The Bertz CT molecular complexity index is 770. The van der Waals surface area contributed by atoms with Crippen LogP contribution in [-0.4, -0.2) is 65.8 Å². The predicted octanol–water partition coefficient (Wildman–Crippen LogP) is 4.69. The molecule has 31 heavy (non-hydrogen) atoms. The fraction of sp³-hybridized carbons (Fsp3) is 0.615. The van der Waals surface area contributed by atoms with Crippen LogP contribution in [0.2, 0.25) is 0 Å². The molecule has 0 N–H and O–H groups in total. The van der Waals surface area contributed by atoms with E-state index in [1.54, 1.807) is 0 Å². The number of aromatic nitrogens is 2. The van der Waals surface area contributed by atoms with E-state index in [1.807, 2.05) is 13.8 Å². The van der Waals surface area contributed by atoms with Crippen LogP contribution >= 0.6 is 0 Å². The molecule has 0 atom stereocenters. The zero-order valence-electron chi connectivity index (χ0n) is 19.5. The number of piperazine rings is 1. The molecule has 5 nitrogen and oxygen atoms in total. The van der Waals surface area contributed by atoms with Gasteiger partial charge in [-0.3, -0.25) is 9.80 Å². The van der Waals surface area contributed by atoms with E-state index in [4.69, 9.17) is 0 Å². The summed E-state index contributed by atoms with van der Waals surface area (Å²) in [6, 6.07) is 13.1. The van der Waals surface area contributed by atoms with Gasteiger partial charge in [0.1, 0.15) is 0 Å². The molecule has 5 rings (SSSR count). The highest BCUT2D eigenvalue weighted by molar-refractivity contribution is 5.60. The third-order valence-electron chi connectivity index (χ3n) is 6.66. The molecule has 5 heteroatoms. The molecule has 3 fully saturated rings. The summed E-state index contributed by atoms with van der Waals surface area (Å²) >= 11 is 0. The van der Waals surface area contributed by atoms with Crippen LogP contribution in [0.3, 0.4) is 0 Å². The summed E-state index contributed by atoms with van der Waals surface area (Å²) < 4.78 is 0. The van der Waals surface area contributed by atoms with Gasteiger partial charge in [0.2, 0.25) is 0 Å². The van der Waals surface area contributed by atoms with Gasteiger partial charge in [-0.2, -0.15) is 0 Å². The zero-order chi connectivity index (χ0) is 21.5. The summed E-state index contributed by atoms with van der Waals surface area (Å²) in [6.07, 6.45) is 6.95. The van der Waals surface area contributed by atoms with Crippen molar-refractivity contribution in [3.8, 4) is 11.3 Å². The van der Waals surface area contributed by atoms with E-state index in [9.17, 15) is 0 Å². The molecule has 0 spiro atoms. The minimum atomic E-state index is 0.964. The topological polar surface area (TPSA) is 35.5 Å². The van der Waals surface area contributed by atoms with Crippen molar-refractivity contribution in [2.75, 3.05) is 50.7 Å². The molecule has 1 aromatic heterocycles. The lowest BCUT2D eigenvalue weighted by Gasteiger charge is -2.35. The molecule has 1 aliphatic carbocycles. The molecular weight excluding hydrogens is 382 g/mol. The van der Waals surface area contributed by atoms with Crippen LogP contribution < -0.4 is 4.90 Å². The average molecular weight is 422 g/mol. The monoisotopic (exact) mass is 421 g/mol. The summed E-state index contributed by atoms with van der Waals surface area (Å²) in [4.78, 5) is 7.56. The van der Waals surface area contributed by atoms with Gasteiger partial charge in [-0.15, -0.1) is 10.2 Å². The van der Waals surface area contributed by atoms with Crippen LogP contribution in [0.4, 0.5) is 5.82 Å². The Hall–Kier alpha value is -1.98. The molecule has 3 aliphatic rings. The van der Waals surface area contributed by atoms with Gasteiger partial charge >= 0.3 is 0 Å². The number of benzene rings is 1. The standard InChI is InChI=1S/C24H33N5.C2H6/c1-2-12-27(13-3-1)18-21-6-8-22(9-7-21)23-10-11-24(26-25-23)29-16-14-28(15-17-29)19-20-4-5-20;1-2/h6-11,20H,1-5,12-19H2;1-2H3. The number of likely N-dealkylation sites (tertiary alicyclic amines) is 1. The first-order chi connectivity index (χ1) is 15.3. The second-order valence-electron chi connectivity index (χ2n) is 9.04. The van der Waals surface area contributed by atoms with Gasteiger partial charge in [0, 0.05) is 44.8 Å². The molecule has 0 amide bonds. The number of hydrogen-bond donors (Lipinski definition) is 0. The molecule has 1 aromatic carbocycles. The van der Waals surface area contributed by atoms with Gasteiger partial charge in [0.15, 0.2) is 5.82 Å². The van der Waals surface area contributed by atoms with Crippen LogP contribution in [0.1, 0.15) is 51.5 Å². The Balaban J connectivity index is 0.00000112. The van der Waals surface area contributed by atoms with E-state index >= 15 is 0 Å². The Kier molecular flexibility index (Phi) is 7.92. The lowest BCUT2D eigenvalue weighted by atomic mass is 10.1. The van der Waals surface area contributed by atoms with Crippen LogP contribution in [0, 0.1) is 5.92 Å². The van der Waals surface area contributed by atoms with Crippen LogP contribution in [0.25, 0.3) is 11.3 Å².